The van der Waals surface area contributed by atoms with Gasteiger partial charge in [-0.3, -0.25) is 0 Å². The molecule has 0 bridgehead atoms. The minimum atomic E-state index is 0.404. The van der Waals surface area contributed by atoms with Gasteiger partial charge in [-0.25, -0.2) is 0 Å². The van der Waals surface area contributed by atoms with Gasteiger partial charge >= 0.3 is 0 Å². The predicted octanol–water partition coefficient (Wildman–Crippen LogP) is 4.22. The van der Waals surface area contributed by atoms with E-state index in [1.165, 1.54) is 57.8 Å². The highest BCUT2D eigenvalue weighted by atomic mass is 14.6. The summed E-state index contributed by atoms with van der Waals surface area (Å²) >= 11 is 0. The Morgan fingerprint density at radius 2 is 1.00 bits per heavy atom. The molecule has 0 heterocycles. The summed E-state index contributed by atoms with van der Waals surface area (Å²) in [4.78, 5) is 0. The lowest BCUT2D eigenvalue weighted by Gasteiger charge is -2.02. The van der Waals surface area contributed by atoms with Crippen molar-refractivity contribution in [2.45, 2.75) is 97.6 Å². The van der Waals surface area contributed by atoms with Crippen molar-refractivity contribution in [3.05, 3.63) is 0 Å². The summed E-state index contributed by atoms with van der Waals surface area (Å²) in [5, 5.41) is 0. The number of unbranched alkanes of at least 4 members (excludes halogenated alkanes) is 5. The third kappa shape index (κ3) is 25.9. The summed E-state index contributed by atoms with van der Waals surface area (Å²) in [5.74, 6) is 0. The van der Waals surface area contributed by atoms with Gasteiger partial charge in [0.25, 0.3) is 0 Å². The average molecular weight is 244 g/mol. The van der Waals surface area contributed by atoms with Crippen LogP contribution in [0, 0.1) is 0 Å². The molecule has 0 aromatic carbocycles. The molecule has 0 aliphatic heterocycles. The van der Waals surface area contributed by atoms with E-state index >= 15 is 0 Å². The third-order valence-electron chi connectivity index (χ3n) is 2.78. The van der Waals surface area contributed by atoms with Gasteiger partial charge in [-0.05, 0) is 26.7 Å². The predicted molar refractivity (Wildman–Crippen MR) is 80.2 cm³/mol. The third-order valence-corrected chi connectivity index (χ3v) is 2.78. The molecular formula is C15H36N2. The molecule has 0 aromatic heterocycles. The maximum atomic E-state index is 5.57. The Hall–Kier alpha value is -0.0800. The van der Waals surface area contributed by atoms with Crippen LogP contribution in [0.2, 0.25) is 0 Å². The van der Waals surface area contributed by atoms with E-state index in [1.807, 2.05) is 0 Å². The Morgan fingerprint density at radius 1 is 0.647 bits per heavy atom. The standard InChI is InChI=1S/C8H19N.C7H17N/c1-3-4-5-6-7-8(2)9;1-3-4-5-6-7(2)8/h8H,3-7,9H2,1-2H3;7H,3-6,8H2,1-2H3. The van der Waals surface area contributed by atoms with Gasteiger partial charge in [-0.15, -0.1) is 0 Å². The topological polar surface area (TPSA) is 52.0 Å². The summed E-state index contributed by atoms with van der Waals surface area (Å²) in [7, 11) is 0. The number of rotatable bonds is 9. The van der Waals surface area contributed by atoms with Crippen LogP contribution in [-0.2, 0) is 0 Å². The molecule has 0 aliphatic rings. The van der Waals surface area contributed by atoms with Crippen molar-refractivity contribution in [1.82, 2.24) is 0 Å². The molecule has 0 fully saturated rings. The summed E-state index contributed by atoms with van der Waals surface area (Å²) in [5.41, 5.74) is 11.1. The van der Waals surface area contributed by atoms with E-state index in [2.05, 4.69) is 27.7 Å². The van der Waals surface area contributed by atoms with E-state index in [4.69, 9.17) is 11.5 Å². The highest BCUT2D eigenvalue weighted by Gasteiger charge is 1.92. The summed E-state index contributed by atoms with van der Waals surface area (Å²) in [6, 6.07) is 0.809. The zero-order valence-corrected chi connectivity index (χ0v) is 12.7. The van der Waals surface area contributed by atoms with Gasteiger partial charge in [0.2, 0.25) is 0 Å². The maximum Gasteiger partial charge on any atom is 0.00104 e. The summed E-state index contributed by atoms with van der Waals surface area (Å²) in [6.45, 7) is 8.58. The van der Waals surface area contributed by atoms with E-state index < -0.39 is 0 Å². The Labute approximate surface area is 110 Å². The SMILES string of the molecule is CCCCCC(C)N.CCCCCCC(C)N. The van der Waals surface area contributed by atoms with Gasteiger partial charge in [0, 0.05) is 12.1 Å². The Morgan fingerprint density at radius 3 is 1.35 bits per heavy atom. The molecule has 0 aliphatic carbocycles. The van der Waals surface area contributed by atoms with Crippen molar-refractivity contribution < 1.29 is 0 Å². The van der Waals surface area contributed by atoms with E-state index in [9.17, 15) is 0 Å². The van der Waals surface area contributed by atoms with Crippen LogP contribution >= 0.6 is 0 Å². The van der Waals surface area contributed by atoms with Crippen molar-refractivity contribution in [2.24, 2.45) is 11.5 Å². The fourth-order valence-electron chi connectivity index (χ4n) is 1.61. The molecule has 0 amide bonds. The Kier molecular flexibility index (Phi) is 18.0. The Bertz CT molecular complexity index is 122. The first-order chi connectivity index (χ1) is 8.04. The van der Waals surface area contributed by atoms with E-state index in [0.717, 1.165) is 0 Å². The van der Waals surface area contributed by atoms with E-state index in [1.54, 1.807) is 0 Å². The van der Waals surface area contributed by atoms with Crippen molar-refractivity contribution in [1.29, 1.82) is 0 Å². The first-order valence-electron chi connectivity index (χ1n) is 7.55. The van der Waals surface area contributed by atoms with Crippen molar-refractivity contribution >= 4 is 0 Å². The van der Waals surface area contributed by atoms with Gasteiger partial charge in [-0.1, -0.05) is 58.8 Å². The number of hydrogen-bond donors (Lipinski definition) is 2. The van der Waals surface area contributed by atoms with Crippen LogP contribution in [-0.4, -0.2) is 12.1 Å². The van der Waals surface area contributed by atoms with Crippen LogP contribution in [0.25, 0.3) is 0 Å². The largest absolute Gasteiger partial charge is 0.328 e. The summed E-state index contributed by atoms with van der Waals surface area (Å²) < 4.78 is 0. The zero-order valence-electron chi connectivity index (χ0n) is 12.7. The van der Waals surface area contributed by atoms with Gasteiger partial charge in [0.1, 0.15) is 0 Å². The molecule has 2 atom stereocenters. The molecule has 0 spiro atoms. The molecule has 0 saturated carbocycles. The lowest BCUT2D eigenvalue weighted by molar-refractivity contribution is 0.575. The van der Waals surface area contributed by atoms with Crippen LogP contribution < -0.4 is 11.5 Å². The highest BCUT2D eigenvalue weighted by Crippen LogP contribution is 2.03. The second kappa shape index (κ2) is 15.9. The molecule has 2 nitrogen and oxygen atoms in total. The average Bonchev–Trinajstić information content (AvgIpc) is 2.25. The second-order valence-corrected chi connectivity index (χ2v) is 5.30. The molecule has 2 heteroatoms. The van der Waals surface area contributed by atoms with Crippen LogP contribution in [0.5, 0.6) is 0 Å². The molecule has 2 unspecified atom stereocenters. The van der Waals surface area contributed by atoms with Crippen molar-refractivity contribution in [3.63, 3.8) is 0 Å². The van der Waals surface area contributed by atoms with E-state index in [-0.39, 0.29) is 0 Å². The highest BCUT2D eigenvalue weighted by molar-refractivity contribution is 4.52. The van der Waals surface area contributed by atoms with Crippen molar-refractivity contribution in [3.8, 4) is 0 Å². The molecule has 4 N–H and O–H groups in total. The first-order valence-corrected chi connectivity index (χ1v) is 7.55. The minimum absolute atomic E-state index is 0.404. The molecule has 106 valence electrons. The van der Waals surface area contributed by atoms with Crippen LogP contribution in [0.1, 0.15) is 85.5 Å². The molecule has 0 rings (SSSR count). The molecule has 17 heavy (non-hydrogen) atoms. The fourth-order valence-corrected chi connectivity index (χ4v) is 1.61. The summed E-state index contributed by atoms with van der Waals surface area (Å²) in [6.07, 6.45) is 11.7. The van der Waals surface area contributed by atoms with Crippen molar-refractivity contribution in [2.75, 3.05) is 0 Å². The lowest BCUT2D eigenvalue weighted by atomic mass is 10.1. The van der Waals surface area contributed by atoms with Gasteiger partial charge in [0.05, 0.1) is 0 Å². The van der Waals surface area contributed by atoms with Crippen LogP contribution in [0.3, 0.4) is 0 Å². The number of nitrogens with two attached hydrogens (primary N) is 2. The molecule has 0 saturated heterocycles. The maximum absolute atomic E-state index is 5.57. The van der Waals surface area contributed by atoms with E-state index in [0.29, 0.717) is 12.1 Å². The first kappa shape index (κ1) is 19.3. The molecular weight excluding hydrogens is 208 g/mol. The Balaban J connectivity index is 0. The minimum Gasteiger partial charge on any atom is -0.328 e. The van der Waals surface area contributed by atoms with Gasteiger partial charge in [0.15, 0.2) is 0 Å². The smallest absolute Gasteiger partial charge is 0.00104 e. The quantitative estimate of drug-likeness (QED) is 0.597. The normalized spacial score (nSPS) is 13.8. The molecule has 0 aromatic rings. The number of hydrogen-bond acceptors (Lipinski definition) is 2. The second-order valence-electron chi connectivity index (χ2n) is 5.30. The van der Waals surface area contributed by atoms with Gasteiger partial charge in [-0.2, -0.15) is 0 Å². The van der Waals surface area contributed by atoms with Gasteiger partial charge < -0.3 is 11.5 Å². The molecule has 0 radical (unpaired) electrons. The zero-order chi connectivity index (χ0) is 13.5. The fraction of sp³-hybridized carbons (Fsp3) is 1.00. The lowest BCUT2D eigenvalue weighted by Crippen LogP contribution is -2.13. The monoisotopic (exact) mass is 244 g/mol. The van der Waals surface area contributed by atoms with Crippen LogP contribution in [0.4, 0.5) is 0 Å². The van der Waals surface area contributed by atoms with Crippen LogP contribution in [0.15, 0.2) is 0 Å².